The van der Waals surface area contributed by atoms with Crippen LogP contribution in [0.5, 0.6) is 0 Å². The van der Waals surface area contributed by atoms with Gasteiger partial charge in [0.1, 0.15) is 11.4 Å². The molecule has 0 aromatic carbocycles. The van der Waals surface area contributed by atoms with Crippen LogP contribution in [-0.4, -0.2) is 27.2 Å². The lowest BCUT2D eigenvalue weighted by molar-refractivity contribution is 0.0529. The third-order valence-electron chi connectivity index (χ3n) is 2.16. The van der Waals surface area contributed by atoms with Crippen LogP contribution in [0.4, 0.5) is 11.6 Å². The van der Waals surface area contributed by atoms with Crippen molar-refractivity contribution in [3.05, 3.63) is 22.0 Å². The maximum atomic E-state index is 11.6. The highest BCUT2D eigenvalue weighted by Gasteiger charge is 2.21. The number of nitrogens with zero attached hydrogens (tertiary/aromatic N) is 2. The largest absolute Gasteiger partial charge is 0.462 e. The summed E-state index contributed by atoms with van der Waals surface area (Å²) in [6, 6.07) is 1.15. The third kappa shape index (κ3) is 1.69. The Balaban J connectivity index is 2.75. The van der Waals surface area contributed by atoms with E-state index in [0.717, 1.165) is 6.07 Å². The number of esters is 1. The molecule has 90 valence electrons. The second-order valence-electron chi connectivity index (χ2n) is 3.30. The first-order valence-electron chi connectivity index (χ1n) is 4.88. The van der Waals surface area contributed by atoms with Crippen molar-refractivity contribution in [1.82, 2.24) is 14.6 Å². The molecule has 8 heteroatoms. The van der Waals surface area contributed by atoms with Crippen molar-refractivity contribution in [3.63, 3.8) is 0 Å². The lowest BCUT2D eigenvalue weighted by Gasteiger charge is -2.00. The van der Waals surface area contributed by atoms with Crippen LogP contribution in [0, 0.1) is 0 Å². The van der Waals surface area contributed by atoms with Crippen LogP contribution in [0.1, 0.15) is 17.3 Å². The lowest BCUT2D eigenvalue weighted by atomic mass is 10.3. The summed E-state index contributed by atoms with van der Waals surface area (Å²) >= 11 is 0. The normalized spacial score (nSPS) is 10.6. The average molecular weight is 237 g/mol. The fourth-order valence-electron chi connectivity index (χ4n) is 1.49. The van der Waals surface area contributed by atoms with Crippen LogP contribution >= 0.6 is 0 Å². The van der Waals surface area contributed by atoms with Gasteiger partial charge in [-0.15, -0.1) is 5.10 Å². The predicted octanol–water partition coefficient (Wildman–Crippen LogP) is -0.636. The molecular formula is C9H11N5O3. The molecule has 0 amide bonds. The predicted molar refractivity (Wildman–Crippen MR) is 60.6 cm³/mol. The summed E-state index contributed by atoms with van der Waals surface area (Å²) in [5, 5.41) is 3.86. The summed E-state index contributed by atoms with van der Waals surface area (Å²) < 4.78 is 6.00. The van der Waals surface area contributed by atoms with E-state index in [9.17, 15) is 9.59 Å². The first kappa shape index (κ1) is 11.0. The Morgan fingerprint density at radius 3 is 2.94 bits per heavy atom. The molecule has 2 heterocycles. The van der Waals surface area contributed by atoms with Gasteiger partial charge in [0.15, 0.2) is 11.5 Å². The monoisotopic (exact) mass is 237 g/mol. The highest BCUT2D eigenvalue weighted by atomic mass is 16.5. The molecule has 17 heavy (non-hydrogen) atoms. The molecular weight excluding hydrogens is 226 g/mol. The Kier molecular flexibility index (Phi) is 2.47. The van der Waals surface area contributed by atoms with Crippen molar-refractivity contribution in [2.75, 3.05) is 18.1 Å². The summed E-state index contributed by atoms with van der Waals surface area (Å²) in [5.74, 6) is -0.607. The Bertz CT molecular complexity index is 642. The van der Waals surface area contributed by atoms with Gasteiger partial charge in [-0.3, -0.25) is 4.79 Å². The summed E-state index contributed by atoms with van der Waals surface area (Å²) in [6.07, 6.45) is 0. The smallest absolute Gasteiger partial charge is 0.345 e. The van der Waals surface area contributed by atoms with Gasteiger partial charge in [-0.2, -0.15) is 4.52 Å². The van der Waals surface area contributed by atoms with E-state index in [4.69, 9.17) is 16.2 Å². The van der Waals surface area contributed by atoms with Crippen LogP contribution in [0.25, 0.3) is 5.65 Å². The Labute approximate surface area is 95.2 Å². The highest BCUT2D eigenvalue weighted by molar-refractivity contribution is 6.00. The number of ether oxygens (including phenoxy) is 1. The molecule has 0 fully saturated rings. The standard InChI is InChI=1S/C9H11N5O3/c1-2-17-9(16)6-7(11)13-14-4(10)3-5(15)12-8(6)14/h3H,2,10H2,1H3,(H2,11,13)(H,12,15). The molecule has 0 spiro atoms. The second-order valence-corrected chi connectivity index (χ2v) is 3.30. The van der Waals surface area contributed by atoms with Gasteiger partial charge in [0, 0.05) is 6.07 Å². The molecule has 0 saturated carbocycles. The minimum atomic E-state index is -0.652. The summed E-state index contributed by atoms with van der Waals surface area (Å²) in [5.41, 5.74) is 10.9. The molecule has 0 aliphatic heterocycles. The molecule has 0 radical (unpaired) electrons. The second kappa shape index (κ2) is 3.81. The Morgan fingerprint density at radius 2 is 2.29 bits per heavy atom. The number of nitrogen functional groups attached to an aromatic ring is 2. The molecule has 0 saturated heterocycles. The summed E-state index contributed by atoms with van der Waals surface area (Å²) in [7, 11) is 0. The Morgan fingerprint density at radius 1 is 1.59 bits per heavy atom. The van der Waals surface area contributed by atoms with Crippen molar-refractivity contribution in [1.29, 1.82) is 0 Å². The maximum Gasteiger partial charge on any atom is 0.345 e. The molecule has 8 nitrogen and oxygen atoms in total. The van der Waals surface area contributed by atoms with Crippen LogP contribution in [0.3, 0.4) is 0 Å². The van der Waals surface area contributed by atoms with Crippen LogP contribution in [-0.2, 0) is 4.74 Å². The fraction of sp³-hybridized carbons (Fsp3) is 0.222. The van der Waals surface area contributed by atoms with Gasteiger partial charge in [0.05, 0.1) is 6.61 Å². The van der Waals surface area contributed by atoms with E-state index in [-0.39, 0.29) is 29.5 Å². The number of fused-ring (bicyclic) bond motifs is 1. The number of carbonyl (C=O) groups is 1. The fourth-order valence-corrected chi connectivity index (χ4v) is 1.49. The highest BCUT2D eigenvalue weighted by Crippen LogP contribution is 2.17. The zero-order chi connectivity index (χ0) is 12.6. The first-order chi connectivity index (χ1) is 8.04. The van der Waals surface area contributed by atoms with Crippen molar-refractivity contribution < 1.29 is 9.53 Å². The summed E-state index contributed by atoms with van der Waals surface area (Å²) in [6.45, 7) is 1.86. The van der Waals surface area contributed by atoms with Gasteiger partial charge in [0.25, 0.3) is 5.56 Å². The number of hydrogen-bond acceptors (Lipinski definition) is 6. The number of H-pyrrole nitrogens is 1. The molecule has 0 bridgehead atoms. The number of nitrogens with two attached hydrogens (primary N) is 2. The molecule has 0 aliphatic carbocycles. The third-order valence-corrected chi connectivity index (χ3v) is 2.16. The number of anilines is 2. The topological polar surface area (TPSA) is 128 Å². The van der Waals surface area contributed by atoms with Crippen LogP contribution in [0.2, 0.25) is 0 Å². The number of aromatic amines is 1. The van der Waals surface area contributed by atoms with E-state index in [2.05, 4.69) is 10.1 Å². The molecule has 2 aromatic rings. The number of hydrogen-bond donors (Lipinski definition) is 3. The van der Waals surface area contributed by atoms with Crippen LogP contribution < -0.4 is 17.0 Å². The Hall–Kier alpha value is -2.51. The lowest BCUT2D eigenvalue weighted by Crippen LogP contribution is -2.13. The van der Waals surface area contributed by atoms with E-state index in [1.165, 1.54) is 4.52 Å². The molecule has 0 atom stereocenters. The van der Waals surface area contributed by atoms with Crippen molar-refractivity contribution >= 4 is 23.3 Å². The van der Waals surface area contributed by atoms with E-state index in [0.29, 0.717) is 0 Å². The molecule has 5 N–H and O–H groups in total. The van der Waals surface area contributed by atoms with Gasteiger partial charge in [-0.25, -0.2) is 4.79 Å². The van der Waals surface area contributed by atoms with Gasteiger partial charge >= 0.3 is 5.97 Å². The summed E-state index contributed by atoms with van der Waals surface area (Å²) in [4.78, 5) is 25.4. The van der Waals surface area contributed by atoms with Crippen molar-refractivity contribution in [2.24, 2.45) is 0 Å². The quantitative estimate of drug-likeness (QED) is 0.596. The molecule has 0 aliphatic rings. The zero-order valence-electron chi connectivity index (χ0n) is 9.06. The SMILES string of the molecule is CCOC(=O)c1c(N)nn2c(N)cc(=O)[nH]c12. The average Bonchev–Trinajstić information content (AvgIpc) is 2.55. The van der Waals surface area contributed by atoms with E-state index in [1.54, 1.807) is 6.92 Å². The van der Waals surface area contributed by atoms with Crippen molar-refractivity contribution in [2.45, 2.75) is 6.92 Å². The number of aromatic nitrogens is 3. The van der Waals surface area contributed by atoms with Gasteiger partial charge in [-0.1, -0.05) is 0 Å². The van der Waals surface area contributed by atoms with E-state index >= 15 is 0 Å². The van der Waals surface area contributed by atoms with Gasteiger partial charge in [0.2, 0.25) is 0 Å². The molecule has 0 unspecified atom stereocenters. The minimum Gasteiger partial charge on any atom is -0.462 e. The number of nitrogens with one attached hydrogen (secondary N) is 1. The molecule has 2 aromatic heterocycles. The first-order valence-corrected chi connectivity index (χ1v) is 4.88. The van der Waals surface area contributed by atoms with E-state index in [1.807, 2.05) is 0 Å². The van der Waals surface area contributed by atoms with Crippen molar-refractivity contribution in [3.8, 4) is 0 Å². The number of rotatable bonds is 2. The maximum absolute atomic E-state index is 11.6. The number of carbonyl (C=O) groups excluding carboxylic acids is 1. The van der Waals surface area contributed by atoms with Gasteiger partial charge in [-0.05, 0) is 6.92 Å². The minimum absolute atomic E-state index is 0.0104. The zero-order valence-corrected chi connectivity index (χ0v) is 9.06. The van der Waals surface area contributed by atoms with Gasteiger partial charge < -0.3 is 21.2 Å². The molecule has 2 rings (SSSR count). The van der Waals surface area contributed by atoms with Crippen LogP contribution in [0.15, 0.2) is 10.9 Å². The van der Waals surface area contributed by atoms with E-state index < -0.39 is 11.5 Å².